The van der Waals surface area contributed by atoms with Gasteiger partial charge in [-0.05, 0) is 41.2 Å². The lowest BCUT2D eigenvalue weighted by molar-refractivity contribution is 0.296. The van der Waals surface area contributed by atoms with E-state index in [0.717, 1.165) is 31.2 Å². The van der Waals surface area contributed by atoms with Crippen LogP contribution >= 0.6 is 11.6 Å². The van der Waals surface area contributed by atoms with Gasteiger partial charge in [-0.2, -0.15) is 0 Å². The zero-order valence-electron chi connectivity index (χ0n) is 15.7. The fourth-order valence-electron chi connectivity index (χ4n) is 3.59. The SMILES string of the molecule is ClCCCO[Si](Cc1ccccc1)(Cc1ccccc1)Cc1ccccc1. The van der Waals surface area contributed by atoms with Crippen LogP contribution in [0.1, 0.15) is 23.1 Å². The third kappa shape index (κ3) is 6.35. The predicted octanol–water partition coefficient (Wildman–Crippen LogP) is 5.92. The molecule has 3 heteroatoms. The Hall–Kier alpha value is -1.87. The summed E-state index contributed by atoms with van der Waals surface area (Å²) >= 11 is 5.95. The Morgan fingerprint density at radius 1 is 0.593 bits per heavy atom. The van der Waals surface area contributed by atoms with E-state index in [2.05, 4.69) is 91.0 Å². The van der Waals surface area contributed by atoms with Crippen LogP contribution in [0.4, 0.5) is 0 Å². The Balaban J connectivity index is 1.93. The first-order valence-corrected chi connectivity index (χ1v) is 12.7. The summed E-state index contributed by atoms with van der Waals surface area (Å²) in [6.45, 7) is 0.738. The van der Waals surface area contributed by atoms with E-state index in [0.29, 0.717) is 5.88 Å². The van der Waals surface area contributed by atoms with Crippen molar-refractivity contribution in [3.8, 4) is 0 Å². The van der Waals surface area contributed by atoms with E-state index >= 15 is 0 Å². The molecule has 27 heavy (non-hydrogen) atoms. The van der Waals surface area contributed by atoms with E-state index in [1.54, 1.807) is 0 Å². The molecule has 0 saturated heterocycles. The molecule has 0 aliphatic carbocycles. The van der Waals surface area contributed by atoms with Crippen molar-refractivity contribution < 1.29 is 4.43 Å². The van der Waals surface area contributed by atoms with Gasteiger partial charge >= 0.3 is 0 Å². The van der Waals surface area contributed by atoms with Crippen LogP contribution in [-0.2, 0) is 22.6 Å². The maximum absolute atomic E-state index is 6.74. The van der Waals surface area contributed by atoms with Crippen LogP contribution < -0.4 is 0 Å². The molecule has 140 valence electrons. The van der Waals surface area contributed by atoms with E-state index in [1.165, 1.54) is 16.7 Å². The molecule has 3 aromatic rings. The number of benzene rings is 3. The lowest BCUT2D eigenvalue weighted by Gasteiger charge is -2.32. The van der Waals surface area contributed by atoms with Gasteiger partial charge in [-0.25, -0.2) is 0 Å². The fourth-order valence-corrected chi connectivity index (χ4v) is 7.89. The summed E-state index contributed by atoms with van der Waals surface area (Å²) < 4.78 is 6.74. The van der Waals surface area contributed by atoms with E-state index in [4.69, 9.17) is 16.0 Å². The molecule has 0 N–H and O–H groups in total. The van der Waals surface area contributed by atoms with Crippen LogP contribution in [0.25, 0.3) is 0 Å². The summed E-state index contributed by atoms with van der Waals surface area (Å²) in [4.78, 5) is 0. The first kappa shape index (κ1) is 19.9. The third-order valence-electron chi connectivity index (χ3n) is 4.79. The van der Waals surface area contributed by atoms with Crippen LogP contribution in [0, 0.1) is 0 Å². The molecule has 0 aromatic heterocycles. The highest BCUT2D eigenvalue weighted by Gasteiger charge is 2.36. The molecule has 0 spiro atoms. The second-order valence-corrected chi connectivity index (χ2v) is 11.2. The van der Waals surface area contributed by atoms with Gasteiger partial charge in [-0.15, -0.1) is 11.6 Å². The minimum atomic E-state index is -2.11. The lowest BCUT2D eigenvalue weighted by atomic mass is 10.2. The summed E-state index contributed by atoms with van der Waals surface area (Å²) in [6, 6.07) is 35.4. The number of halogens is 1. The number of hydrogen-bond acceptors (Lipinski definition) is 1. The molecule has 0 radical (unpaired) electrons. The van der Waals surface area contributed by atoms with E-state index in [1.807, 2.05) is 0 Å². The van der Waals surface area contributed by atoms with Crippen molar-refractivity contribution in [1.82, 2.24) is 0 Å². The minimum absolute atomic E-state index is 0.645. The first-order chi connectivity index (χ1) is 13.3. The maximum Gasteiger partial charge on any atom is 0.205 e. The second-order valence-electron chi connectivity index (χ2n) is 7.06. The van der Waals surface area contributed by atoms with Crippen molar-refractivity contribution in [3.63, 3.8) is 0 Å². The van der Waals surface area contributed by atoms with Crippen LogP contribution in [0.5, 0.6) is 0 Å². The average molecular weight is 395 g/mol. The Bertz CT molecular complexity index is 676. The highest BCUT2D eigenvalue weighted by atomic mass is 35.5. The van der Waals surface area contributed by atoms with Gasteiger partial charge in [0.15, 0.2) is 0 Å². The summed E-state index contributed by atoms with van der Waals surface area (Å²) in [5.41, 5.74) is 4.09. The fraction of sp³-hybridized carbons (Fsp3) is 0.250. The molecule has 0 bridgehead atoms. The maximum atomic E-state index is 6.74. The van der Waals surface area contributed by atoms with Crippen LogP contribution in [0.2, 0.25) is 0 Å². The van der Waals surface area contributed by atoms with Gasteiger partial charge in [0.1, 0.15) is 0 Å². The second kappa shape index (κ2) is 10.5. The van der Waals surface area contributed by atoms with Crippen molar-refractivity contribution in [1.29, 1.82) is 0 Å². The summed E-state index contributed by atoms with van der Waals surface area (Å²) in [5, 5.41) is 0. The molecular weight excluding hydrogens is 368 g/mol. The largest absolute Gasteiger partial charge is 0.416 e. The summed E-state index contributed by atoms with van der Waals surface area (Å²) in [5.74, 6) is 0.645. The molecule has 0 atom stereocenters. The topological polar surface area (TPSA) is 9.23 Å². The van der Waals surface area contributed by atoms with E-state index < -0.39 is 8.32 Å². The molecule has 0 fully saturated rings. The van der Waals surface area contributed by atoms with Crippen molar-refractivity contribution in [2.45, 2.75) is 24.6 Å². The predicted molar refractivity (Wildman–Crippen MR) is 117 cm³/mol. The number of alkyl halides is 1. The smallest absolute Gasteiger partial charge is 0.205 e. The van der Waals surface area contributed by atoms with Crippen molar-refractivity contribution in [2.75, 3.05) is 12.5 Å². The van der Waals surface area contributed by atoms with Gasteiger partial charge in [0.25, 0.3) is 0 Å². The number of rotatable bonds is 10. The Kier molecular flexibility index (Phi) is 7.70. The molecule has 0 saturated carbocycles. The third-order valence-corrected chi connectivity index (χ3v) is 9.04. The first-order valence-electron chi connectivity index (χ1n) is 9.61. The summed E-state index contributed by atoms with van der Waals surface area (Å²) in [7, 11) is -2.11. The highest BCUT2D eigenvalue weighted by Crippen LogP contribution is 2.24. The van der Waals surface area contributed by atoms with Gasteiger partial charge in [0.05, 0.1) is 0 Å². The molecule has 0 aliphatic heterocycles. The lowest BCUT2D eigenvalue weighted by Crippen LogP contribution is -2.47. The summed E-state index contributed by atoms with van der Waals surface area (Å²) in [6.07, 6.45) is 0.897. The molecule has 0 heterocycles. The van der Waals surface area contributed by atoms with Crippen molar-refractivity contribution in [3.05, 3.63) is 108 Å². The molecule has 0 aliphatic rings. The van der Waals surface area contributed by atoms with Gasteiger partial charge in [0.2, 0.25) is 8.32 Å². The van der Waals surface area contributed by atoms with Gasteiger partial charge < -0.3 is 4.43 Å². The van der Waals surface area contributed by atoms with Crippen LogP contribution in [0.3, 0.4) is 0 Å². The standard InChI is InChI=1S/C24H27ClOSi/c25-17-10-18-26-27(19-22-11-4-1-5-12-22,20-23-13-6-2-7-14-23)21-24-15-8-3-9-16-24/h1-9,11-16H,10,17-21H2. The van der Waals surface area contributed by atoms with Crippen LogP contribution in [0.15, 0.2) is 91.0 Å². The molecule has 0 amide bonds. The molecule has 1 nitrogen and oxygen atoms in total. The monoisotopic (exact) mass is 394 g/mol. The number of hydrogen-bond donors (Lipinski definition) is 0. The van der Waals surface area contributed by atoms with Crippen molar-refractivity contribution >= 4 is 19.9 Å². The Morgan fingerprint density at radius 3 is 1.30 bits per heavy atom. The Labute approximate surface area is 169 Å². The van der Waals surface area contributed by atoms with Gasteiger partial charge in [-0.3, -0.25) is 0 Å². The van der Waals surface area contributed by atoms with E-state index in [-0.39, 0.29) is 0 Å². The Morgan fingerprint density at radius 2 is 0.963 bits per heavy atom. The zero-order chi connectivity index (χ0) is 18.8. The average Bonchev–Trinajstić information content (AvgIpc) is 2.70. The van der Waals surface area contributed by atoms with Crippen molar-refractivity contribution in [2.24, 2.45) is 0 Å². The quantitative estimate of drug-likeness (QED) is 0.235. The zero-order valence-corrected chi connectivity index (χ0v) is 17.4. The minimum Gasteiger partial charge on any atom is -0.416 e. The van der Waals surface area contributed by atoms with Gasteiger partial charge in [-0.1, -0.05) is 91.0 Å². The van der Waals surface area contributed by atoms with Gasteiger partial charge in [0, 0.05) is 12.5 Å². The molecule has 3 rings (SSSR count). The van der Waals surface area contributed by atoms with Crippen LogP contribution in [-0.4, -0.2) is 20.8 Å². The molecular formula is C24H27ClOSi. The highest BCUT2D eigenvalue weighted by molar-refractivity contribution is 6.72. The molecule has 0 unspecified atom stereocenters. The normalized spacial score (nSPS) is 11.4. The van der Waals surface area contributed by atoms with E-state index in [9.17, 15) is 0 Å². The molecule has 3 aromatic carbocycles.